The van der Waals surface area contributed by atoms with Crippen LogP contribution >= 0.6 is 0 Å². The van der Waals surface area contributed by atoms with E-state index in [2.05, 4.69) is 89.9 Å². The molecule has 0 amide bonds. The molecule has 2 aliphatic rings. The molecule has 0 radical (unpaired) electrons. The predicted octanol–water partition coefficient (Wildman–Crippen LogP) is 7.67. The minimum absolute atomic E-state index is 0.712. The number of hydrogen-bond donors (Lipinski definition) is 0. The van der Waals surface area contributed by atoms with Crippen molar-refractivity contribution in [2.24, 2.45) is 9.98 Å². The molecule has 0 saturated heterocycles. The summed E-state index contributed by atoms with van der Waals surface area (Å²) in [7, 11) is 0. The quantitative estimate of drug-likeness (QED) is 0.287. The Hall–Kier alpha value is -4.30. The van der Waals surface area contributed by atoms with Crippen molar-refractivity contribution in [3.63, 3.8) is 0 Å². The second-order valence-corrected chi connectivity index (χ2v) is 8.77. The minimum atomic E-state index is 0.712. The molecule has 4 aromatic rings. The van der Waals surface area contributed by atoms with Crippen molar-refractivity contribution >= 4 is 45.6 Å². The van der Waals surface area contributed by atoms with Crippen LogP contribution in [0.1, 0.15) is 38.9 Å². The molecule has 0 bridgehead atoms. The molecule has 34 heavy (non-hydrogen) atoms. The highest BCUT2D eigenvalue weighted by Gasteiger charge is 2.17. The average molecular weight is 437 g/mol. The summed E-state index contributed by atoms with van der Waals surface area (Å²) in [5.74, 6) is 0. The SMILES string of the molecule is C=C/C=C/c1cc2c3c(cc(/C(=C/C=C)c4cc5c6c(cccc6c4)CN=C5)cc3c1)C=NC2. The highest BCUT2D eigenvalue weighted by atomic mass is 14.7. The first kappa shape index (κ1) is 20.3. The van der Waals surface area contributed by atoms with Crippen LogP contribution in [0.15, 0.2) is 102 Å². The molecule has 0 N–H and O–H groups in total. The molecule has 0 unspecified atom stereocenters. The van der Waals surface area contributed by atoms with Gasteiger partial charge in [-0.2, -0.15) is 0 Å². The Morgan fingerprint density at radius 1 is 0.735 bits per heavy atom. The maximum Gasteiger partial charge on any atom is 0.0646 e. The van der Waals surface area contributed by atoms with Gasteiger partial charge in [-0.25, -0.2) is 0 Å². The molecule has 4 aromatic carbocycles. The van der Waals surface area contributed by atoms with Gasteiger partial charge in [0.05, 0.1) is 13.1 Å². The van der Waals surface area contributed by atoms with Gasteiger partial charge in [-0.05, 0) is 91.3 Å². The molecular formula is C32H24N2. The van der Waals surface area contributed by atoms with Crippen molar-refractivity contribution < 1.29 is 0 Å². The van der Waals surface area contributed by atoms with Gasteiger partial charge >= 0.3 is 0 Å². The lowest BCUT2D eigenvalue weighted by atomic mass is 9.87. The molecule has 0 aliphatic carbocycles. The van der Waals surface area contributed by atoms with Gasteiger partial charge in [0.1, 0.15) is 0 Å². The van der Waals surface area contributed by atoms with Gasteiger partial charge in [0, 0.05) is 23.6 Å². The molecule has 0 aromatic heterocycles. The molecule has 162 valence electrons. The third kappa shape index (κ3) is 3.36. The zero-order valence-corrected chi connectivity index (χ0v) is 19.0. The van der Waals surface area contributed by atoms with E-state index >= 15 is 0 Å². The Bertz CT molecular complexity index is 1630. The van der Waals surface area contributed by atoms with Crippen LogP contribution in [-0.2, 0) is 13.1 Å². The molecule has 0 spiro atoms. The number of rotatable bonds is 5. The Labute approximate surface area is 199 Å². The van der Waals surface area contributed by atoms with Crippen molar-refractivity contribution in [3.8, 4) is 0 Å². The number of benzene rings is 4. The highest BCUT2D eigenvalue weighted by Crippen LogP contribution is 2.36. The number of hydrogen-bond acceptors (Lipinski definition) is 2. The Morgan fingerprint density at radius 2 is 1.44 bits per heavy atom. The van der Waals surface area contributed by atoms with Crippen LogP contribution < -0.4 is 0 Å². The predicted molar refractivity (Wildman–Crippen MR) is 147 cm³/mol. The van der Waals surface area contributed by atoms with Crippen LogP contribution in [0.3, 0.4) is 0 Å². The van der Waals surface area contributed by atoms with Crippen molar-refractivity contribution in [1.82, 2.24) is 0 Å². The zero-order valence-electron chi connectivity index (χ0n) is 19.0. The Kier molecular flexibility index (Phi) is 4.92. The molecule has 0 saturated carbocycles. The first-order valence-electron chi connectivity index (χ1n) is 11.5. The first-order valence-corrected chi connectivity index (χ1v) is 11.5. The van der Waals surface area contributed by atoms with Gasteiger partial charge in [-0.15, -0.1) is 0 Å². The topological polar surface area (TPSA) is 24.7 Å². The van der Waals surface area contributed by atoms with E-state index in [1.165, 1.54) is 38.2 Å². The maximum atomic E-state index is 4.64. The fourth-order valence-electron chi connectivity index (χ4n) is 5.22. The summed E-state index contributed by atoms with van der Waals surface area (Å²) in [5, 5.41) is 5.07. The van der Waals surface area contributed by atoms with Gasteiger partial charge in [0.2, 0.25) is 0 Å². The molecule has 6 rings (SSSR count). The van der Waals surface area contributed by atoms with Gasteiger partial charge in [0.25, 0.3) is 0 Å². The third-order valence-electron chi connectivity index (χ3n) is 6.59. The minimum Gasteiger partial charge on any atom is -0.288 e. The van der Waals surface area contributed by atoms with Crippen LogP contribution in [0, 0.1) is 0 Å². The van der Waals surface area contributed by atoms with Crippen LogP contribution in [0.5, 0.6) is 0 Å². The third-order valence-corrected chi connectivity index (χ3v) is 6.59. The van der Waals surface area contributed by atoms with Gasteiger partial charge in [0.15, 0.2) is 0 Å². The van der Waals surface area contributed by atoms with E-state index in [0.717, 1.165) is 34.4 Å². The van der Waals surface area contributed by atoms with Crippen LogP contribution in [-0.4, -0.2) is 12.4 Å². The van der Waals surface area contributed by atoms with E-state index in [0.29, 0.717) is 6.54 Å². The Morgan fingerprint density at radius 3 is 2.18 bits per heavy atom. The van der Waals surface area contributed by atoms with Gasteiger partial charge in [-0.1, -0.05) is 61.7 Å². The van der Waals surface area contributed by atoms with E-state index < -0.39 is 0 Å². The molecule has 2 heteroatoms. The number of nitrogens with zero attached hydrogens (tertiary/aromatic N) is 2. The fraction of sp³-hybridized carbons (Fsp3) is 0.0625. The van der Waals surface area contributed by atoms with E-state index in [4.69, 9.17) is 0 Å². The number of allylic oxidation sites excluding steroid dienone is 4. The molecule has 2 aliphatic heterocycles. The van der Waals surface area contributed by atoms with Crippen LogP contribution in [0.25, 0.3) is 33.2 Å². The zero-order chi connectivity index (χ0) is 23.1. The molecule has 0 fully saturated rings. The lowest BCUT2D eigenvalue weighted by Crippen LogP contribution is -2.02. The van der Waals surface area contributed by atoms with Crippen molar-refractivity contribution in [1.29, 1.82) is 0 Å². The number of aliphatic imine (C=N–C) groups is 2. The summed E-state index contributed by atoms with van der Waals surface area (Å²) in [6.07, 6.45) is 13.9. The summed E-state index contributed by atoms with van der Waals surface area (Å²) < 4.78 is 0. The van der Waals surface area contributed by atoms with Crippen LogP contribution in [0.4, 0.5) is 0 Å². The van der Waals surface area contributed by atoms with E-state index in [1.807, 2.05) is 30.7 Å². The average Bonchev–Trinajstić information content (AvgIpc) is 2.86. The Balaban J connectivity index is 1.58. The molecular weight excluding hydrogens is 412 g/mol. The molecule has 2 nitrogen and oxygen atoms in total. The first-order chi connectivity index (χ1) is 16.7. The summed E-state index contributed by atoms with van der Waals surface area (Å²) in [6.45, 7) is 9.28. The molecule has 0 atom stereocenters. The lowest BCUT2D eigenvalue weighted by molar-refractivity contribution is 1.08. The normalized spacial score (nSPS) is 14.3. The summed E-state index contributed by atoms with van der Waals surface area (Å²) in [4.78, 5) is 9.23. The standard InChI is InChI=1S/C32H24N2/c1-3-5-8-21-11-26-14-25(16-29-20-34-18-27(12-21)32(26)29)30(7-4-2)24-13-22-9-6-10-23-17-33-19-28(15-24)31(22)23/h3-16,19-20H,1-2,17-18H2/b8-5+,30-7+. The fourth-order valence-corrected chi connectivity index (χ4v) is 5.22. The second-order valence-electron chi connectivity index (χ2n) is 8.77. The van der Waals surface area contributed by atoms with Crippen molar-refractivity contribution in [3.05, 3.63) is 131 Å². The lowest BCUT2D eigenvalue weighted by Gasteiger charge is -2.19. The maximum absolute atomic E-state index is 4.64. The van der Waals surface area contributed by atoms with E-state index in [9.17, 15) is 0 Å². The summed E-state index contributed by atoms with van der Waals surface area (Å²) in [5.41, 5.74) is 9.50. The van der Waals surface area contributed by atoms with E-state index in [1.54, 1.807) is 0 Å². The largest absolute Gasteiger partial charge is 0.288 e. The monoisotopic (exact) mass is 436 g/mol. The second kappa shape index (κ2) is 8.24. The summed E-state index contributed by atoms with van der Waals surface area (Å²) in [6, 6.07) is 20.1. The van der Waals surface area contributed by atoms with E-state index in [-0.39, 0.29) is 0 Å². The highest BCUT2D eigenvalue weighted by molar-refractivity contribution is 6.08. The van der Waals surface area contributed by atoms with Crippen molar-refractivity contribution in [2.45, 2.75) is 13.1 Å². The smallest absolute Gasteiger partial charge is 0.0646 e. The molecule has 2 heterocycles. The van der Waals surface area contributed by atoms with Gasteiger partial charge in [-0.3, -0.25) is 9.98 Å². The summed E-state index contributed by atoms with van der Waals surface area (Å²) >= 11 is 0. The van der Waals surface area contributed by atoms with Crippen molar-refractivity contribution in [2.75, 3.05) is 0 Å². The van der Waals surface area contributed by atoms with Gasteiger partial charge < -0.3 is 0 Å². The van der Waals surface area contributed by atoms with Crippen LogP contribution in [0.2, 0.25) is 0 Å².